The van der Waals surface area contributed by atoms with Crippen molar-refractivity contribution >= 4 is 11.8 Å². The molecular weight excluding hydrogens is 344 g/mol. The van der Waals surface area contributed by atoms with E-state index in [1.165, 1.54) is 12.7 Å². The minimum atomic E-state index is -0.786. The normalized spacial score (nSPS) is 25.2. The molecule has 27 heavy (non-hydrogen) atoms. The molecule has 0 aliphatic carbocycles. The molecule has 0 bridgehead atoms. The molecule has 0 spiro atoms. The highest BCUT2D eigenvalue weighted by molar-refractivity contribution is 5.94. The molecule has 2 heterocycles. The van der Waals surface area contributed by atoms with Crippen molar-refractivity contribution in [2.75, 3.05) is 39.9 Å². The zero-order chi connectivity index (χ0) is 19.4. The third-order valence-electron chi connectivity index (χ3n) is 5.92. The lowest BCUT2D eigenvalue weighted by atomic mass is 9.75. The maximum Gasteiger partial charge on any atom is 0.253 e. The first-order valence-corrected chi connectivity index (χ1v) is 9.84. The number of benzene rings is 1. The van der Waals surface area contributed by atoms with Gasteiger partial charge in [0, 0.05) is 44.8 Å². The number of amides is 2. The smallest absolute Gasteiger partial charge is 0.253 e. The van der Waals surface area contributed by atoms with Crippen molar-refractivity contribution in [1.29, 1.82) is 0 Å². The summed E-state index contributed by atoms with van der Waals surface area (Å²) >= 11 is 0. The van der Waals surface area contributed by atoms with Gasteiger partial charge in [-0.15, -0.1) is 0 Å². The van der Waals surface area contributed by atoms with E-state index in [-0.39, 0.29) is 24.3 Å². The average Bonchev–Trinajstić information content (AvgIpc) is 2.67. The fraction of sp³-hybridized carbons (Fsp3) is 0.619. The summed E-state index contributed by atoms with van der Waals surface area (Å²) in [5.41, 5.74) is 1.14. The number of hydrogen-bond acceptors (Lipinski definition) is 4. The summed E-state index contributed by atoms with van der Waals surface area (Å²) in [7, 11) is 1.50. The Morgan fingerprint density at radius 1 is 1.15 bits per heavy atom. The predicted molar refractivity (Wildman–Crippen MR) is 102 cm³/mol. The third kappa shape index (κ3) is 4.33. The highest BCUT2D eigenvalue weighted by atomic mass is 16.5. The van der Waals surface area contributed by atoms with Gasteiger partial charge in [-0.1, -0.05) is 25.5 Å². The van der Waals surface area contributed by atoms with Crippen LogP contribution in [0.3, 0.4) is 0 Å². The van der Waals surface area contributed by atoms with E-state index in [0.29, 0.717) is 44.6 Å². The van der Waals surface area contributed by atoms with Crippen molar-refractivity contribution in [3.63, 3.8) is 0 Å². The predicted octanol–water partition coefficient (Wildman–Crippen LogP) is 1.71. The lowest BCUT2D eigenvalue weighted by Gasteiger charge is -2.50. The summed E-state index contributed by atoms with van der Waals surface area (Å²) < 4.78 is 4.94. The first kappa shape index (κ1) is 19.8. The Balaban J connectivity index is 1.67. The van der Waals surface area contributed by atoms with Gasteiger partial charge in [0.25, 0.3) is 5.91 Å². The van der Waals surface area contributed by atoms with E-state index >= 15 is 0 Å². The second-order valence-corrected chi connectivity index (χ2v) is 7.77. The lowest BCUT2D eigenvalue weighted by molar-refractivity contribution is -0.148. The van der Waals surface area contributed by atoms with Crippen molar-refractivity contribution in [1.82, 2.24) is 9.80 Å². The van der Waals surface area contributed by atoms with E-state index in [4.69, 9.17) is 4.74 Å². The number of fused-ring (bicyclic) bond motifs is 1. The lowest BCUT2D eigenvalue weighted by Crippen LogP contribution is -2.61. The van der Waals surface area contributed by atoms with Gasteiger partial charge in [-0.25, -0.2) is 0 Å². The summed E-state index contributed by atoms with van der Waals surface area (Å²) in [4.78, 5) is 28.6. The number of carbonyl (C=O) groups is 2. The summed E-state index contributed by atoms with van der Waals surface area (Å²) in [6, 6.07) is 7.82. The highest BCUT2D eigenvalue weighted by Crippen LogP contribution is 2.36. The van der Waals surface area contributed by atoms with E-state index in [2.05, 4.69) is 6.92 Å². The standard InChI is InChI=1S/C21H30N2O4/c1-3-4-16-5-7-17(8-6-16)20(25)23-12-10-21(26)9-11-22(13-18(21)14-23)19(24)15-27-2/h5-8,18,26H,3-4,9-15H2,1-2H3/t18-,21-/m0/s1. The Bertz CT molecular complexity index is 675. The van der Waals surface area contributed by atoms with Crippen molar-refractivity contribution in [2.45, 2.75) is 38.2 Å². The van der Waals surface area contributed by atoms with Crippen LogP contribution in [-0.2, 0) is 16.0 Å². The van der Waals surface area contributed by atoms with Crippen LogP contribution in [0.1, 0.15) is 42.1 Å². The number of carbonyl (C=O) groups excluding carboxylic acids is 2. The SMILES string of the molecule is CCCc1ccc(C(=O)N2CC[C@@]3(O)CCN(C(=O)COC)C[C@H]3C2)cc1. The molecule has 1 N–H and O–H groups in total. The zero-order valence-electron chi connectivity index (χ0n) is 16.3. The molecule has 2 amide bonds. The molecule has 0 saturated carbocycles. The van der Waals surface area contributed by atoms with Gasteiger partial charge in [-0.05, 0) is 37.0 Å². The van der Waals surface area contributed by atoms with Crippen molar-refractivity contribution < 1.29 is 19.4 Å². The topological polar surface area (TPSA) is 70.1 Å². The van der Waals surface area contributed by atoms with Crippen LogP contribution in [0.5, 0.6) is 0 Å². The number of likely N-dealkylation sites (tertiary alicyclic amines) is 2. The molecule has 6 nitrogen and oxygen atoms in total. The van der Waals surface area contributed by atoms with Gasteiger partial charge in [0.1, 0.15) is 6.61 Å². The molecule has 0 aromatic heterocycles. The van der Waals surface area contributed by atoms with Crippen LogP contribution in [0.2, 0.25) is 0 Å². The van der Waals surface area contributed by atoms with Gasteiger partial charge < -0.3 is 19.6 Å². The van der Waals surface area contributed by atoms with E-state index in [9.17, 15) is 14.7 Å². The van der Waals surface area contributed by atoms with Crippen LogP contribution in [0.4, 0.5) is 0 Å². The number of rotatable bonds is 5. The maximum absolute atomic E-state index is 12.9. The van der Waals surface area contributed by atoms with E-state index in [1.807, 2.05) is 29.2 Å². The summed E-state index contributed by atoms with van der Waals surface area (Å²) in [5.74, 6) is -0.181. The van der Waals surface area contributed by atoms with Gasteiger partial charge in [-0.3, -0.25) is 9.59 Å². The number of ether oxygens (including phenoxy) is 1. The summed E-state index contributed by atoms with van der Waals surface area (Å²) in [6.07, 6.45) is 3.21. The van der Waals surface area contributed by atoms with Crippen LogP contribution in [0.15, 0.2) is 24.3 Å². The fourth-order valence-electron chi connectivity index (χ4n) is 4.21. The Morgan fingerprint density at radius 3 is 2.41 bits per heavy atom. The molecule has 2 atom stereocenters. The molecule has 1 aromatic carbocycles. The van der Waals surface area contributed by atoms with Crippen molar-refractivity contribution in [2.24, 2.45) is 5.92 Å². The van der Waals surface area contributed by atoms with Crippen molar-refractivity contribution in [3.05, 3.63) is 35.4 Å². The molecular formula is C21H30N2O4. The molecule has 2 fully saturated rings. The number of aryl methyl sites for hydroxylation is 1. The Kier molecular flexibility index (Phi) is 6.17. The van der Waals surface area contributed by atoms with Crippen LogP contribution in [0, 0.1) is 5.92 Å². The zero-order valence-corrected chi connectivity index (χ0v) is 16.3. The quantitative estimate of drug-likeness (QED) is 0.852. The molecule has 2 aliphatic rings. The number of methoxy groups -OCH3 is 1. The van der Waals surface area contributed by atoms with Crippen LogP contribution in [-0.4, -0.2) is 72.2 Å². The molecule has 6 heteroatoms. The minimum absolute atomic E-state index is 0.000407. The number of aliphatic hydroxyl groups is 1. The molecule has 2 saturated heterocycles. The van der Waals surface area contributed by atoms with Gasteiger partial charge in [0.15, 0.2) is 0 Å². The molecule has 1 aromatic rings. The van der Waals surface area contributed by atoms with E-state index in [1.54, 1.807) is 4.90 Å². The first-order chi connectivity index (χ1) is 13.0. The third-order valence-corrected chi connectivity index (χ3v) is 5.92. The Labute approximate surface area is 161 Å². The average molecular weight is 374 g/mol. The molecule has 3 rings (SSSR count). The monoisotopic (exact) mass is 374 g/mol. The number of nitrogens with zero attached hydrogens (tertiary/aromatic N) is 2. The van der Waals surface area contributed by atoms with Crippen LogP contribution < -0.4 is 0 Å². The maximum atomic E-state index is 12.9. The number of hydrogen-bond donors (Lipinski definition) is 1. The van der Waals surface area contributed by atoms with Gasteiger partial charge in [-0.2, -0.15) is 0 Å². The summed E-state index contributed by atoms with van der Waals surface area (Å²) in [6.45, 7) is 4.23. The van der Waals surface area contributed by atoms with E-state index in [0.717, 1.165) is 12.8 Å². The molecule has 2 aliphatic heterocycles. The van der Waals surface area contributed by atoms with E-state index < -0.39 is 5.60 Å². The largest absolute Gasteiger partial charge is 0.389 e. The van der Waals surface area contributed by atoms with Gasteiger partial charge in [0.2, 0.25) is 5.91 Å². The van der Waals surface area contributed by atoms with Crippen LogP contribution >= 0.6 is 0 Å². The van der Waals surface area contributed by atoms with Gasteiger partial charge in [0.05, 0.1) is 5.60 Å². The minimum Gasteiger partial charge on any atom is -0.389 e. The molecule has 0 unspecified atom stereocenters. The van der Waals surface area contributed by atoms with Gasteiger partial charge >= 0.3 is 0 Å². The van der Waals surface area contributed by atoms with Crippen LogP contribution in [0.25, 0.3) is 0 Å². The number of piperidine rings is 2. The molecule has 0 radical (unpaired) electrons. The highest BCUT2D eigenvalue weighted by Gasteiger charge is 2.46. The second-order valence-electron chi connectivity index (χ2n) is 7.77. The second kappa shape index (κ2) is 8.40. The van der Waals surface area contributed by atoms with Crippen molar-refractivity contribution in [3.8, 4) is 0 Å². The Hall–Kier alpha value is -1.92. The Morgan fingerprint density at radius 2 is 1.78 bits per heavy atom. The molecule has 148 valence electrons. The summed E-state index contributed by atoms with van der Waals surface area (Å²) in [5, 5.41) is 11.0. The fourth-order valence-corrected chi connectivity index (χ4v) is 4.21. The first-order valence-electron chi connectivity index (χ1n) is 9.84.